The number of nitrogens with one attached hydrogen (secondary N) is 1. The van der Waals surface area contributed by atoms with Gasteiger partial charge in [0.2, 0.25) is 5.95 Å². The van der Waals surface area contributed by atoms with Gasteiger partial charge in [0.15, 0.2) is 16.6 Å². The quantitative estimate of drug-likeness (QED) is 0.323. The van der Waals surface area contributed by atoms with E-state index < -0.39 is 0 Å². The Hall–Kier alpha value is -3.96. The minimum absolute atomic E-state index is 0.244. The summed E-state index contributed by atoms with van der Waals surface area (Å²) < 4.78 is 14.2. The minimum Gasteiger partial charge on any atom is -0.497 e. The Bertz CT molecular complexity index is 1510. The highest BCUT2D eigenvalue weighted by atomic mass is 35.5. The third-order valence-corrected chi connectivity index (χ3v) is 6.74. The highest BCUT2D eigenvalue weighted by Crippen LogP contribution is 2.35. The zero-order chi connectivity index (χ0) is 24.5. The number of methoxy groups -OCH3 is 2. The van der Waals surface area contributed by atoms with Crippen molar-refractivity contribution in [2.24, 2.45) is 7.05 Å². The first kappa shape index (κ1) is 22.8. The molecule has 0 radical (unpaired) electrons. The normalized spacial score (nSPS) is 11.1. The van der Waals surface area contributed by atoms with Gasteiger partial charge in [0, 0.05) is 53.8 Å². The summed E-state index contributed by atoms with van der Waals surface area (Å²) in [6, 6.07) is 11.1. The Kier molecular flexibility index (Phi) is 6.10. The van der Waals surface area contributed by atoms with Gasteiger partial charge in [-0.05, 0) is 12.1 Å². The third-order valence-electron chi connectivity index (χ3n) is 5.16. The molecule has 12 heteroatoms. The van der Waals surface area contributed by atoms with Crippen LogP contribution in [-0.4, -0.2) is 43.4 Å². The van der Waals surface area contributed by atoms with Crippen molar-refractivity contribution in [2.45, 2.75) is 10.1 Å². The summed E-state index contributed by atoms with van der Waals surface area (Å²) in [4.78, 5) is 14.2. The molecule has 0 saturated heterocycles. The smallest absolute Gasteiger partial charge is 0.247 e. The number of nitrogens with two attached hydrogens (primary N) is 1. The molecule has 0 aliphatic heterocycles. The largest absolute Gasteiger partial charge is 0.497 e. The van der Waals surface area contributed by atoms with Crippen molar-refractivity contribution in [3.05, 3.63) is 60.0 Å². The second-order valence-corrected chi connectivity index (χ2v) is 8.93. The lowest BCUT2D eigenvalue weighted by atomic mass is 10.1. The molecular weight excluding hydrogens is 488 g/mol. The molecule has 0 aliphatic carbocycles. The monoisotopic (exact) mass is 508 g/mol. The number of nitrogens with zero attached hydrogens (tertiary/aromatic N) is 6. The number of hydrogen-bond acceptors (Lipinski definition) is 9. The third kappa shape index (κ3) is 4.68. The number of nitrogen functional groups attached to an aromatic ring is 1. The molecule has 3 heterocycles. The predicted molar refractivity (Wildman–Crippen MR) is 136 cm³/mol. The fourth-order valence-corrected chi connectivity index (χ4v) is 4.51. The maximum atomic E-state index is 6.57. The lowest BCUT2D eigenvalue weighted by molar-refractivity contribution is 0.395. The van der Waals surface area contributed by atoms with E-state index in [9.17, 15) is 0 Å². The van der Waals surface area contributed by atoms with Crippen LogP contribution in [-0.2, 0) is 7.05 Å². The van der Waals surface area contributed by atoms with Crippen molar-refractivity contribution in [1.29, 1.82) is 0 Å². The molecule has 5 aromatic rings. The van der Waals surface area contributed by atoms with Gasteiger partial charge in [-0.1, -0.05) is 29.4 Å². The van der Waals surface area contributed by atoms with E-state index in [1.54, 1.807) is 37.2 Å². The first-order valence-electron chi connectivity index (χ1n) is 10.4. The topological polar surface area (TPSA) is 117 Å². The van der Waals surface area contributed by atoms with Gasteiger partial charge in [-0.2, -0.15) is 4.98 Å². The highest BCUT2D eigenvalue weighted by Gasteiger charge is 2.14. The number of anilines is 3. The lowest BCUT2D eigenvalue weighted by Crippen LogP contribution is -2.00. The highest BCUT2D eigenvalue weighted by molar-refractivity contribution is 7.99. The SMILES string of the molecule is COc1cc(Nc2nc3c(N)nc(-c4ccc(Sc5nccn5C)c(Cl)c4)cn3n2)cc(OC)c1. The van der Waals surface area contributed by atoms with Crippen LogP contribution in [0.4, 0.5) is 17.5 Å². The Labute approximate surface area is 210 Å². The zero-order valence-electron chi connectivity index (χ0n) is 19.1. The molecule has 3 N–H and O–H groups in total. The fraction of sp³-hybridized carbons (Fsp3) is 0.130. The van der Waals surface area contributed by atoms with Gasteiger partial charge < -0.3 is 25.1 Å². The molecule has 0 fully saturated rings. The molecule has 0 bridgehead atoms. The van der Waals surface area contributed by atoms with Crippen molar-refractivity contribution in [3.63, 3.8) is 0 Å². The molecule has 0 atom stereocenters. The van der Waals surface area contributed by atoms with E-state index in [-0.39, 0.29) is 5.82 Å². The van der Waals surface area contributed by atoms with Crippen LogP contribution < -0.4 is 20.5 Å². The molecule has 178 valence electrons. The van der Waals surface area contributed by atoms with E-state index in [0.29, 0.717) is 39.5 Å². The lowest BCUT2D eigenvalue weighted by Gasteiger charge is -2.08. The van der Waals surface area contributed by atoms with Gasteiger partial charge in [-0.3, -0.25) is 0 Å². The van der Waals surface area contributed by atoms with Gasteiger partial charge in [0.25, 0.3) is 0 Å². The van der Waals surface area contributed by atoms with Crippen LogP contribution in [0.3, 0.4) is 0 Å². The maximum absolute atomic E-state index is 6.57. The van der Waals surface area contributed by atoms with Crippen LogP contribution in [0.15, 0.2) is 65.0 Å². The number of ether oxygens (including phenoxy) is 2. The number of rotatable bonds is 7. The first-order chi connectivity index (χ1) is 16.9. The molecular formula is C23H21ClN8O2S. The molecule has 10 nitrogen and oxygen atoms in total. The van der Waals surface area contributed by atoms with Crippen molar-refractivity contribution in [1.82, 2.24) is 29.1 Å². The second kappa shape index (κ2) is 9.35. The molecule has 2 aromatic carbocycles. The summed E-state index contributed by atoms with van der Waals surface area (Å²) in [5.74, 6) is 1.88. The molecule has 3 aromatic heterocycles. The average molecular weight is 509 g/mol. The number of aromatic nitrogens is 6. The van der Waals surface area contributed by atoms with Gasteiger partial charge in [-0.25, -0.2) is 14.5 Å². The van der Waals surface area contributed by atoms with Crippen molar-refractivity contribution >= 4 is 46.5 Å². The summed E-state index contributed by atoms with van der Waals surface area (Å²) in [5.41, 5.74) is 8.77. The van der Waals surface area contributed by atoms with E-state index in [4.69, 9.17) is 26.8 Å². The van der Waals surface area contributed by atoms with Crippen LogP contribution in [0.1, 0.15) is 0 Å². The molecule has 0 spiro atoms. The number of benzene rings is 2. The van der Waals surface area contributed by atoms with Crippen LogP contribution in [0.5, 0.6) is 11.5 Å². The van der Waals surface area contributed by atoms with Gasteiger partial charge >= 0.3 is 0 Å². The predicted octanol–water partition coefficient (Wildman–Crippen LogP) is 4.67. The van der Waals surface area contributed by atoms with Crippen LogP contribution >= 0.6 is 23.4 Å². The number of aryl methyl sites for hydroxylation is 1. The Balaban J connectivity index is 1.44. The molecule has 0 amide bonds. The van der Waals surface area contributed by atoms with Crippen LogP contribution in [0.2, 0.25) is 5.02 Å². The summed E-state index contributed by atoms with van der Waals surface area (Å²) in [6.45, 7) is 0. The second-order valence-electron chi connectivity index (χ2n) is 7.51. The van der Waals surface area contributed by atoms with Gasteiger partial charge in [-0.15, -0.1) is 5.10 Å². The van der Waals surface area contributed by atoms with E-state index >= 15 is 0 Å². The number of halogens is 1. The van der Waals surface area contributed by atoms with Crippen molar-refractivity contribution in [3.8, 4) is 22.8 Å². The molecule has 0 aliphatic rings. The van der Waals surface area contributed by atoms with E-state index in [1.165, 1.54) is 11.8 Å². The maximum Gasteiger partial charge on any atom is 0.247 e. The van der Waals surface area contributed by atoms with Crippen molar-refractivity contribution < 1.29 is 9.47 Å². The van der Waals surface area contributed by atoms with E-state index in [1.807, 2.05) is 48.1 Å². The van der Waals surface area contributed by atoms with Crippen LogP contribution in [0.25, 0.3) is 16.9 Å². The van der Waals surface area contributed by atoms with E-state index in [0.717, 1.165) is 15.6 Å². The Morgan fingerprint density at radius 1 is 1.06 bits per heavy atom. The standard InChI is InChI=1S/C23H21ClN8O2S/c1-31-7-6-26-23(31)35-19-5-4-13(8-17(19)24)18-12-32-21(20(25)28-18)29-22(30-32)27-14-9-15(33-2)11-16(10-14)34-3/h4-12H,1-3H3,(H2,25,28)(H,27,30). The summed E-state index contributed by atoms with van der Waals surface area (Å²) in [6.07, 6.45) is 5.39. The average Bonchev–Trinajstić information content (AvgIpc) is 3.45. The summed E-state index contributed by atoms with van der Waals surface area (Å²) in [7, 11) is 5.11. The molecule has 5 rings (SSSR count). The summed E-state index contributed by atoms with van der Waals surface area (Å²) in [5, 5.41) is 9.10. The molecule has 0 saturated carbocycles. The first-order valence-corrected chi connectivity index (χ1v) is 11.6. The Morgan fingerprint density at radius 3 is 2.49 bits per heavy atom. The van der Waals surface area contributed by atoms with Crippen molar-refractivity contribution in [2.75, 3.05) is 25.3 Å². The molecule has 35 heavy (non-hydrogen) atoms. The van der Waals surface area contributed by atoms with Gasteiger partial charge in [0.1, 0.15) is 11.5 Å². The Morgan fingerprint density at radius 2 is 1.83 bits per heavy atom. The minimum atomic E-state index is 0.244. The number of imidazole rings is 1. The number of hydrogen-bond donors (Lipinski definition) is 2. The van der Waals surface area contributed by atoms with Gasteiger partial charge in [0.05, 0.1) is 31.1 Å². The van der Waals surface area contributed by atoms with E-state index in [2.05, 4.69) is 25.4 Å². The molecule has 0 unspecified atom stereocenters. The zero-order valence-corrected chi connectivity index (χ0v) is 20.6. The number of fused-ring (bicyclic) bond motifs is 1. The summed E-state index contributed by atoms with van der Waals surface area (Å²) >= 11 is 8.06. The van der Waals surface area contributed by atoms with Crippen LogP contribution in [0, 0.1) is 0 Å². The fourth-order valence-electron chi connectivity index (χ4n) is 3.40.